The molecule has 10 amide bonds. The van der Waals surface area contributed by atoms with Crippen LogP contribution in [0.15, 0.2) is 0 Å². The van der Waals surface area contributed by atoms with E-state index in [0.29, 0.717) is 6.41 Å². The van der Waals surface area contributed by atoms with Crippen LogP contribution in [0.1, 0.15) is 6.42 Å². The average molecular weight is 788 g/mol. The molecule has 0 aromatic carbocycles. The summed E-state index contributed by atoms with van der Waals surface area (Å²) in [6.45, 7) is -3.41. The maximum atomic E-state index is 12.7. The Balaban J connectivity index is 0. The van der Waals surface area contributed by atoms with Gasteiger partial charge in [-0.1, -0.05) is 0 Å². The number of amides is 10. The first-order chi connectivity index (χ1) is 25.4. The van der Waals surface area contributed by atoms with E-state index in [4.69, 9.17) is 15.6 Å². The van der Waals surface area contributed by atoms with Gasteiger partial charge in [0.1, 0.15) is 6.54 Å². The second-order valence-electron chi connectivity index (χ2n) is 12.6. The Bertz CT molecular complexity index is 1400. The Morgan fingerprint density at radius 1 is 0.436 bits per heavy atom. The largest absolute Gasteiger partial charge is 0.480 e. The lowest BCUT2D eigenvalue weighted by molar-refractivity contribution is -0.146. The number of carbonyl (C=O) groups excluding carboxylic acids is 10. The van der Waals surface area contributed by atoms with Crippen molar-refractivity contribution in [3.8, 4) is 0 Å². The fraction of sp³-hybridized carbons (Fsp3) is 0.656. The zero-order chi connectivity index (χ0) is 43.2. The van der Waals surface area contributed by atoms with Gasteiger partial charge >= 0.3 is 5.97 Å². The minimum Gasteiger partial charge on any atom is -0.480 e. The summed E-state index contributed by atoms with van der Waals surface area (Å²) in [6, 6.07) is 0. The van der Waals surface area contributed by atoms with E-state index >= 15 is 0 Å². The summed E-state index contributed by atoms with van der Waals surface area (Å²) in [7, 11) is 13.8. The number of nitrogens with zero attached hydrogens (tertiary/aromatic N) is 9. The normalized spacial score (nSPS) is 9.95. The number of carboxylic acid groups (broad SMARTS) is 1. The van der Waals surface area contributed by atoms with E-state index in [1.807, 2.05) is 0 Å². The van der Waals surface area contributed by atoms with Crippen molar-refractivity contribution in [1.82, 2.24) is 49.4 Å². The van der Waals surface area contributed by atoms with Gasteiger partial charge < -0.3 is 60.3 Å². The van der Waals surface area contributed by atoms with Gasteiger partial charge in [-0.05, 0) is 0 Å². The Hall–Kier alpha value is -5.87. The third-order valence-corrected chi connectivity index (χ3v) is 7.76. The van der Waals surface area contributed by atoms with Crippen molar-refractivity contribution >= 4 is 65.5 Å². The number of nitrogens with one attached hydrogen (secondary N) is 1. The molecule has 312 valence electrons. The van der Waals surface area contributed by atoms with E-state index in [0.717, 1.165) is 39.2 Å². The van der Waals surface area contributed by atoms with Gasteiger partial charge in [-0.2, -0.15) is 0 Å². The third kappa shape index (κ3) is 20.8. The molecule has 0 unspecified atom stereocenters. The number of carbonyl (C=O) groups is 11. The number of hydrogen-bond acceptors (Lipinski definition) is 12. The van der Waals surface area contributed by atoms with Crippen LogP contribution >= 0.6 is 0 Å². The highest BCUT2D eigenvalue weighted by molar-refractivity contribution is 5.93. The van der Waals surface area contributed by atoms with Crippen molar-refractivity contribution in [3.05, 3.63) is 0 Å². The molecular formula is C32H57N11O12. The Morgan fingerprint density at radius 3 is 0.873 bits per heavy atom. The molecule has 23 heteroatoms. The number of carboxylic acids is 1. The standard InChI is InChI=1S/C30H52N10O11.C2H5NO/c1-32(11-10-21(41)40(9)20-30(50)51)23(43)13-34(3)25(45)15-36(5)27(47)17-38(7)29(49)19-39(8)28(48)18-37(6)26(46)16-35(4)24(44)14-33(2)22(42)12-31;1-3-2-4/h10-20,31H2,1-9H3,(H,50,51);2H,1H3,(H,3,4). The average Bonchev–Trinajstić information content (AvgIpc) is 3.12. The second kappa shape index (κ2) is 26.0. The highest BCUT2D eigenvalue weighted by atomic mass is 16.4. The minimum atomic E-state index is -1.17. The first kappa shape index (κ1) is 51.2. The molecule has 0 saturated heterocycles. The first-order valence-corrected chi connectivity index (χ1v) is 16.6. The summed E-state index contributed by atoms with van der Waals surface area (Å²) in [4.78, 5) is 141. The van der Waals surface area contributed by atoms with Crippen LogP contribution in [0.3, 0.4) is 0 Å². The van der Waals surface area contributed by atoms with Crippen LogP contribution in [0.25, 0.3) is 0 Å². The summed E-state index contributed by atoms with van der Waals surface area (Å²) in [5.74, 6) is -6.04. The SMILES string of the molecule is CN(CCC(=O)N(C)CC(=O)O)C(=O)CN(C)C(=O)CN(C)C(=O)CN(C)C(=O)CN(C)C(=O)CN(C)C(=O)CN(C)C(=O)CN(C)C(=O)CN.CNC=O. The summed E-state index contributed by atoms with van der Waals surface area (Å²) < 4.78 is 0. The van der Waals surface area contributed by atoms with E-state index in [1.165, 1.54) is 68.3 Å². The second-order valence-corrected chi connectivity index (χ2v) is 12.6. The van der Waals surface area contributed by atoms with Gasteiger partial charge in [0.05, 0.1) is 52.4 Å². The monoisotopic (exact) mass is 787 g/mol. The lowest BCUT2D eigenvalue weighted by Crippen LogP contribution is -2.49. The summed E-state index contributed by atoms with van der Waals surface area (Å²) in [5, 5.41) is 11.0. The van der Waals surface area contributed by atoms with Crippen molar-refractivity contribution < 1.29 is 57.8 Å². The van der Waals surface area contributed by atoms with Crippen LogP contribution in [-0.4, -0.2) is 251 Å². The summed E-state index contributed by atoms with van der Waals surface area (Å²) in [6.07, 6.45) is 0.509. The van der Waals surface area contributed by atoms with Gasteiger partial charge in [-0.15, -0.1) is 0 Å². The third-order valence-electron chi connectivity index (χ3n) is 7.76. The zero-order valence-corrected chi connectivity index (χ0v) is 33.4. The van der Waals surface area contributed by atoms with E-state index in [1.54, 1.807) is 7.05 Å². The minimum absolute atomic E-state index is 0.00291. The van der Waals surface area contributed by atoms with Crippen LogP contribution in [0, 0.1) is 0 Å². The number of nitrogens with two attached hydrogens (primary N) is 1. The molecule has 55 heavy (non-hydrogen) atoms. The van der Waals surface area contributed by atoms with Gasteiger partial charge in [-0.3, -0.25) is 52.7 Å². The number of hydrogen-bond donors (Lipinski definition) is 3. The van der Waals surface area contributed by atoms with Crippen LogP contribution in [0.4, 0.5) is 0 Å². The molecule has 4 N–H and O–H groups in total. The first-order valence-electron chi connectivity index (χ1n) is 16.6. The molecule has 0 atom stereocenters. The maximum absolute atomic E-state index is 12.7. The van der Waals surface area contributed by atoms with Gasteiger partial charge in [-0.25, -0.2) is 0 Å². The van der Waals surface area contributed by atoms with Gasteiger partial charge in [0, 0.05) is 83.4 Å². The molecule has 0 aliphatic rings. The molecule has 0 saturated carbocycles. The predicted molar refractivity (Wildman–Crippen MR) is 195 cm³/mol. The number of likely N-dealkylation sites (N-methyl/N-ethyl adjacent to an activating group) is 9. The van der Waals surface area contributed by atoms with Crippen LogP contribution in [0.5, 0.6) is 0 Å². The van der Waals surface area contributed by atoms with Crippen molar-refractivity contribution in [3.63, 3.8) is 0 Å². The molecule has 0 aliphatic heterocycles. The van der Waals surface area contributed by atoms with E-state index < -0.39 is 91.9 Å². The molecule has 0 aliphatic carbocycles. The van der Waals surface area contributed by atoms with Crippen LogP contribution < -0.4 is 11.1 Å². The van der Waals surface area contributed by atoms with Crippen molar-refractivity contribution in [2.24, 2.45) is 5.73 Å². The molecule has 0 radical (unpaired) electrons. The summed E-state index contributed by atoms with van der Waals surface area (Å²) >= 11 is 0. The Labute approximate surface area is 320 Å². The molecule has 0 rings (SSSR count). The fourth-order valence-corrected chi connectivity index (χ4v) is 3.91. The van der Waals surface area contributed by atoms with E-state index in [2.05, 4.69) is 5.32 Å². The molecule has 23 nitrogen and oxygen atoms in total. The molecule has 0 aromatic heterocycles. The predicted octanol–water partition coefficient (Wildman–Crippen LogP) is -6.09. The molecule has 0 aromatic rings. The highest BCUT2D eigenvalue weighted by Crippen LogP contribution is 2.00. The van der Waals surface area contributed by atoms with Crippen molar-refractivity contribution in [2.75, 3.05) is 136 Å². The lowest BCUT2D eigenvalue weighted by atomic mass is 10.3. The molecule has 0 spiro atoms. The summed E-state index contributed by atoms with van der Waals surface area (Å²) in [5.41, 5.74) is 5.27. The fourth-order valence-electron chi connectivity index (χ4n) is 3.91. The molecule has 0 fully saturated rings. The Kier molecular flexibility index (Phi) is 24.2. The molecule has 0 bridgehead atoms. The van der Waals surface area contributed by atoms with Gasteiger partial charge in [0.25, 0.3) is 0 Å². The van der Waals surface area contributed by atoms with Gasteiger partial charge in [0.2, 0.25) is 59.6 Å². The van der Waals surface area contributed by atoms with E-state index in [9.17, 15) is 47.9 Å². The Morgan fingerprint density at radius 2 is 0.655 bits per heavy atom. The van der Waals surface area contributed by atoms with Crippen LogP contribution in [0.2, 0.25) is 0 Å². The topological polar surface area (TPSA) is 275 Å². The molecular weight excluding hydrogens is 730 g/mol. The van der Waals surface area contributed by atoms with Crippen LogP contribution in [-0.2, 0) is 52.7 Å². The zero-order valence-electron chi connectivity index (χ0n) is 33.4. The lowest BCUT2D eigenvalue weighted by Gasteiger charge is -2.27. The van der Waals surface area contributed by atoms with Crippen molar-refractivity contribution in [1.29, 1.82) is 0 Å². The smallest absolute Gasteiger partial charge is 0.323 e. The molecule has 0 heterocycles. The highest BCUT2D eigenvalue weighted by Gasteiger charge is 2.25. The number of rotatable bonds is 21. The van der Waals surface area contributed by atoms with Gasteiger partial charge in [0.15, 0.2) is 0 Å². The van der Waals surface area contributed by atoms with Crippen molar-refractivity contribution in [2.45, 2.75) is 6.42 Å². The number of aliphatic carboxylic acids is 1. The maximum Gasteiger partial charge on any atom is 0.323 e. The van der Waals surface area contributed by atoms with E-state index in [-0.39, 0.29) is 39.1 Å². The quantitative estimate of drug-likeness (QED) is 0.0916.